The number of hydrogen-bond donors (Lipinski definition) is 2. The summed E-state index contributed by atoms with van der Waals surface area (Å²) in [5.74, 6) is -1.82. The maximum atomic E-state index is 12.6. The number of rotatable bonds is 6. The van der Waals surface area contributed by atoms with Gasteiger partial charge in [0.2, 0.25) is 15.9 Å². The lowest BCUT2D eigenvalue weighted by Crippen LogP contribution is -2.36. The summed E-state index contributed by atoms with van der Waals surface area (Å²) >= 11 is 0. The predicted octanol–water partition coefficient (Wildman–Crippen LogP) is 1.47. The van der Waals surface area contributed by atoms with E-state index in [2.05, 4.69) is 5.32 Å². The molecule has 2 N–H and O–H groups in total. The first kappa shape index (κ1) is 18.4. The zero-order chi connectivity index (χ0) is 17.0. The summed E-state index contributed by atoms with van der Waals surface area (Å²) in [6.45, 7) is 1.68. The first-order valence-corrected chi connectivity index (χ1v) is 8.05. The lowest BCUT2D eigenvalue weighted by atomic mass is 9.99. The van der Waals surface area contributed by atoms with Crippen molar-refractivity contribution in [1.82, 2.24) is 10.0 Å². The number of amides is 1. The van der Waals surface area contributed by atoms with Crippen LogP contribution in [0.1, 0.15) is 24.0 Å². The molecule has 22 heavy (non-hydrogen) atoms. The second-order valence-electron chi connectivity index (χ2n) is 4.79. The molecule has 0 saturated heterocycles. The van der Waals surface area contributed by atoms with E-state index in [1.807, 2.05) is 4.72 Å². The number of halogens is 3. The lowest BCUT2D eigenvalue weighted by molar-refractivity contribution is -0.137. The van der Waals surface area contributed by atoms with E-state index in [0.717, 1.165) is 12.1 Å². The molecular weight excluding hydrogens is 321 g/mol. The molecule has 1 aromatic rings. The molecule has 1 rings (SSSR count). The van der Waals surface area contributed by atoms with Gasteiger partial charge in [0.1, 0.15) is 5.75 Å². The average molecular weight is 338 g/mol. The van der Waals surface area contributed by atoms with Crippen LogP contribution in [0.3, 0.4) is 0 Å². The molecule has 0 aliphatic heterocycles. The largest absolute Gasteiger partial charge is 0.416 e. The number of nitrogens with one attached hydrogen (secondary N) is 2. The molecule has 1 atom stereocenters. The molecule has 124 valence electrons. The smallest absolute Gasteiger partial charge is 0.355 e. The Morgan fingerprint density at radius 3 is 2.50 bits per heavy atom. The van der Waals surface area contributed by atoms with Gasteiger partial charge in [-0.1, -0.05) is 25.1 Å². The van der Waals surface area contributed by atoms with E-state index < -0.39 is 33.4 Å². The molecule has 0 bridgehead atoms. The highest BCUT2D eigenvalue weighted by Gasteiger charge is 2.30. The van der Waals surface area contributed by atoms with Gasteiger partial charge in [-0.15, -0.1) is 0 Å². The van der Waals surface area contributed by atoms with Crippen molar-refractivity contribution in [3.05, 3.63) is 35.4 Å². The van der Waals surface area contributed by atoms with Crippen LogP contribution in [0.25, 0.3) is 0 Å². The Kier molecular flexibility index (Phi) is 5.95. The molecule has 0 fully saturated rings. The molecule has 1 aromatic carbocycles. The van der Waals surface area contributed by atoms with Crippen LogP contribution in [-0.2, 0) is 21.0 Å². The molecule has 0 aliphatic carbocycles. The molecule has 1 unspecified atom stereocenters. The van der Waals surface area contributed by atoms with Crippen molar-refractivity contribution in [2.45, 2.75) is 19.0 Å². The van der Waals surface area contributed by atoms with Crippen molar-refractivity contribution in [1.29, 1.82) is 0 Å². The van der Waals surface area contributed by atoms with Gasteiger partial charge in [-0.2, -0.15) is 13.2 Å². The molecule has 0 spiro atoms. The average Bonchev–Trinajstić information content (AvgIpc) is 2.43. The Bertz CT molecular complexity index is 630. The molecular formula is C13H17F3N2O3S. The lowest BCUT2D eigenvalue weighted by Gasteiger charge is -2.15. The van der Waals surface area contributed by atoms with Crippen molar-refractivity contribution in [2.24, 2.45) is 0 Å². The predicted molar refractivity (Wildman–Crippen MR) is 75.7 cm³/mol. The fourth-order valence-corrected chi connectivity index (χ4v) is 2.29. The van der Waals surface area contributed by atoms with Gasteiger partial charge >= 0.3 is 6.18 Å². The molecule has 0 radical (unpaired) electrons. The Hall–Kier alpha value is -1.61. The number of alkyl halides is 3. The van der Waals surface area contributed by atoms with Gasteiger partial charge < -0.3 is 5.32 Å². The van der Waals surface area contributed by atoms with E-state index in [1.54, 1.807) is 6.92 Å². The molecule has 5 nitrogen and oxygen atoms in total. The number of carbonyl (C=O) groups is 1. The van der Waals surface area contributed by atoms with Crippen LogP contribution >= 0.6 is 0 Å². The molecule has 0 saturated carbocycles. The summed E-state index contributed by atoms with van der Waals surface area (Å²) in [6.07, 6.45) is -4.43. The second-order valence-corrected chi connectivity index (χ2v) is 6.72. The monoisotopic (exact) mass is 338 g/mol. The van der Waals surface area contributed by atoms with E-state index in [0.29, 0.717) is 5.56 Å². The minimum absolute atomic E-state index is 0.0410. The zero-order valence-electron chi connectivity index (χ0n) is 12.1. The summed E-state index contributed by atoms with van der Waals surface area (Å²) in [6, 6.07) is 4.80. The Morgan fingerprint density at radius 2 is 1.95 bits per heavy atom. The van der Waals surface area contributed by atoms with Crippen molar-refractivity contribution >= 4 is 15.9 Å². The Morgan fingerprint density at radius 1 is 1.32 bits per heavy atom. The molecule has 0 aliphatic rings. The van der Waals surface area contributed by atoms with E-state index in [9.17, 15) is 26.4 Å². The summed E-state index contributed by atoms with van der Waals surface area (Å²) in [5.41, 5.74) is -0.354. The number of carbonyl (C=O) groups excluding carboxylic acids is 1. The summed E-state index contributed by atoms with van der Waals surface area (Å²) in [4.78, 5) is 11.5. The molecule has 0 heterocycles. The third-order valence-electron chi connectivity index (χ3n) is 3.02. The number of sulfonamides is 1. The fourth-order valence-electron chi connectivity index (χ4n) is 1.70. The van der Waals surface area contributed by atoms with Gasteiger partial charge in [-0.3, -0.25) is 4.79 Å². The van der Waals surface area contributed by atoms with E-state index in [1.165, 1.54) is 19.2 Å². The first-order valence-electron chi connectivity index (χ1n) is 6.40. The topological polar surface area (TPSA) is 75.3 Å². The fraction of sp³-hybridized carbons (Fsp3) is 0.462. The van der Waals surface area contributed by atoms with Crippen molar-refractivity contribution in [3.8, 4) is 0 Å². The van der Waals surface area contributed by atoms with E-state index in [-0.39, 0.29) is 12.5 Å². The van der Waals surface area contributed by atoms with Crippen LogP contribution in [0.15, 0.2) is 24.3 Å². The Labute approximate surface area is 127 Å². The maximum absolute atomic E-state index is 12.6. The highest BCUT2D eigenvalue weighted by Crippen LogP contribution is 2.30. The van der Waals surface area contributed by atoms with Crippen molar-refractivity contribution < 1.29 is 26.4 Å². The van der Waals surface area contributed by atoms with Crippen molar-refractivity contribution in [3.63, 3.8) is 0 Å². The first-order chi connectivity index (χ1) is 10.0. The summed E-state index contributed by atoms with van der Waals surface area (Å²) in [5, 5.41) is 2.39. The van der Waals surface area contributed by atoms with Crippen molar-refractivity contribution in [2.75, 3.05) is 19.3 Å². The Balaban J connectivity index is 2.67. The minimum atomic E-state index is -4.43. The van der Waals surface area contributed by atoms with Crippen LogP contribution in [-0.4, -0.2) is 33.7 Å². The van der Waals surface area contributed by atoms with Crippen LogP contribution in [0.2, 0.25) is 0 Å². The van der Waals surface area contributed by atoms with Crippen LogP contribution in [0.4, 0.5) is 13.2 Å². The van der Waals surface area contributed by atoms with Crippen LogP contribution in [0.5, 0.6) is 0 Å². The zero-order valence-corrected chi connectivity index (χ0v) is 12.9. The van der Waals surface area contributed by atoms with Gasteiger partial charge in [-0.25, -0.2) is 13.1 Å². The summed E-state index contributed by atoms with van der Waals surface area (Å²) in [7, 11) is -2.48. The standard InChI is InChI=1S/C13H17F3N2O3S/c1-9(7-18-12(19)8-22(20,21)17-2)10-4-3-5-11(6-10)13(14,15)16/h3-6,9,17H,7-8H2,1-2H3,(H,18,19). The van der Waals surface area contributed by atoms with Crippen LogP contribution < -0.4 is 10.0 Å². The third-order valence-corrected chi connectivity index (χ3v) is 4.28. The third kappa shape index (κ3) is 5.64. The number of benzene rings is 1. The van der Waals surface area contributed by atoms with Gasteiger partial charge in [-0.05, 0) is 24.6 Å². The van der Waals surface area contributed by atoms with Gasteiger partial charge in [0.05, 0.1) is 5.56 Å². The van der Waals surface area contributed by atoms with E-state index >= 15 is 0 Å². The molecule has 0 aromatic heterocycles. The van der Waals surface area contributed by atoms with Gasteiger partial charge in [0, 0.05) is 6.54 Å². The quantitative estimate of drug-likeness (QED) is 0.825. The minimum Gasteiger partial charge on any atom is -0.355 e. The highest BCUT2D eigenvalue weighted by atomic mass is 32.2. The summed E-state index contributed by atoms with van der Waals surface area (Å²) < 4.78 is 62.2. The van der Waals surface area contributed by atoms with Gasteiger partial charge in [0.15, 0.2) is 0 Å². The SMILES string of the molecule is CNS(=O)(=O)CC(=O)NCC(C)c1cccc(C(F)(F)F)c1. The maximum Gasteiger partial charge on any atom is 0.416 e. The highest BCUT2D eigenvalue weighted by molar-refractivity contribution is 7.90. The molecule has 1 amide bonds. The second kappa shape index (κ2) is 7.10. The van der Waals surface area contributed by atoms with E-state index in [4.69, 9.17) is 0 Å². The van der Waals surface area contributed by atoms with Gasteiger partial charge in [0.25, 0.3) is 0 Å². The van der Waals surface area contributed by atoms with Crippen LogP contribution in [0, 0.1) is 0 Å². The molecule has 9 heteroatoms. The normalized spacial score (nSPS) is 13.7. The number of hydrogen-bond acceptors (Lipinski definition) is 3.